The number of nitrogens with zero attached hydrogens (tertiary/aromatic N) is 1. The van der Waals surface area contributed by atoms with Gasteiger partial charge < -0.3 is 14.7 Å². The summed E-state index contributed by atoms with van der Waals surface area (Å²) in [6.45, 7) is 3.88. The summed E-state index contributed by atoms with van der Waals surface area (Å²) in [6.07, 6.45) is 3.13. The SMILES string of the molecule is CCC#CC[C@@H](C)[C@H](O)/C=C/[C@H]1CC(F)(F)C(=O)N1CCc1ccc(C(=O)OC)cc1. The second kappa shape index (κ2) is 11.1. The van der Waals surface area contributed by atoms with E-state index >= 15 is 0 Å². The molecule has 0 unspecified atom stereocenters. The number of benzene rings is 1. The summed E-state index contributed by atoms with van der Waals surface area (Å²) in [5, 5.41) is 10.3. The number of ether oxygens (including phenoxy) is 1. The van der Waals surface area contributed by atoms with E-state index in [9.17, 15) is 23.5 Å². The first-order valence-electron chi connectivity index (χ1n) is 10.4. The van der Waals surface area contributed by atoms with Crippen molar-refractivity contribution in [3.63, 3.8) is 0 Å². The highest BCUT2D eigenvalue weighted by molar-refractivity contribution is 5.89. The molecule has 5 nitrogen and oxygen atoms in total. The fourth-order valence-corrected chi connectivity index (χ4v) is 3.35. The number of rotatable bonds is 8. The first-order chi connectivity index (χ1) is 14.7. The first kappa shape index (κ1) is 24.5. The third kappa shape index (κ3) is 6.63. The van der Waals surface area contributed by atoms with Crippen LogP contribution in [0.5, 0.6) is 0 Å². The average molecular weight is 433 g/mol. The van der Waals surface area contributed by atoms with Crippen LogP contribution in [0.4, 0.5) is 8.78 Å². The number of likely N-dealkylation sites (tertiary alicyclic amines) is 1. The Hall–Kier alpha value is -2.72. The molecule has 1 aromatic carbocycles. The van der Waals surface area contributed by atoms with Gasteiger partial charge in [0.25, 0.3) is 5.91 Å². The fraction of sp³-hybridized carbons (Fsp3) is 0.500. The van der Waals surface area contributed by atoms with Gasteiger partial charge in [0.15, 0.2) is 0 Å². The monoisotopic (exact) mass is 433 g/mol. The van der Waals surface area contributed by atoms with Crippen LogP contribution >= 0.6 is 0 Å². The summed E-state index contributed by atoms with van der Waals surface area (Å²) in [6, 6.07) is 5.81. The van der Waals surface area contributed by atoms with E-state index in [0.717, 1.165) is 16.9 Å². The molecule has 1 aliphatic rings. The van der Waals surface area contributed by atoms with Crippen molar-refractivity contribution < 1.29 is 28.2 Å². The van der Waals surface area contributed by atoms with Gasteiger partial charge in [0.05, 0.1) is 24.8 Å². The van der Waals surface area contributed by atoms with Crippen LogP contribution in [0.15, 0.2) is 36.4 Å². The Labute approximate surface area is 182 Å². The average Bonchev–Trinajstić information content (AvgIpc) is 2.98. The number of hydrogen-bond donors (Lipinski definition) is 1. The van der Waals surface area contributed by atoms with Gasteiger partial charge in [-0.3, -0.25) is 4.79 Å². The molecule has 0 saturated carbocycles. The van der Waals surface area contributed by atoms with Gasteiger partial charge in [-0.1, -0.05) is 38.1 Å². The van der Waals surface area contributed by atoms with Crippen molar-refractivity contribution >= 4 is 11.9 Å². The molecule has 31 heavy (non-hydrogen) atoms. The minimum atomic E-state index is -3.42. The van der Waals surface area contributed by atoms with E-state index in [1.54, 1.807) is 24.3 Å². The molecule has 2 rings (SSSR count). The molecule has 1 amide bonds. The van der Waals surface area contributed by atoms with E-state index in [-0.39, 0.29) is 12.5 Å². The largest absolute Gasteiger partial charge is 0.465 e. The number of aliphatic hydroxyl groups excluding tert-OH is 1. The number of methoxy groups -OCH3 is 1. The van der Waals surface area contributed by atoms with E-state index in [1.807, 2.05) is 13.8 Å². The van der Waals surface area contributed by atoms with Crippen LogP contribution in [0.3, 0.4) is 0 Å². The van der Waals surface area contributed by atoms with Gasteiger partial charge >= 0.3 is 11.9 Å². The Morgan fingerprint density at radius 3 is 2.65 bits per heavy atom. The number of halogens is 2. The zero-order valence-electron chi connectivity index (χ0n) is 18.1. The quantitative estimate of drug-likeness (QED) is 0.386. The molecule has 0 spiro atoms. The topological polar surface area (TPSA) is 66.8 Å². The second-order valence-corrected chi connectivity index (χ2v) is 7.68. The molecule has 1 heterocycles. The molecular weight excluding hydrogens is 404 g/mol. The summed E-state index contributed by atoms with van der Waals surface area (Å²) >= 11 is 0. The van der Waals surface area contributed by atoms with Gasteiger partial charge in [-0.05, 0) is 30.0 Å². The molecule has 1 aromatic rings. The van der Waals surface area contributed by atoms with E-state index in [0.29, 0.717) is 18.4 Å². The van der Waals surface area contributed by atoms with E-state index < -0.39 is 36.4 Å². The Morgan fingerprint density at radius 1 is 1.35 bits per heavy atom. The third-order valence-corrected chi connectivity index (χ3v) is 5.30. The molecule has 0 aromatic heterocycles. The summed E-state index contributed by atoms with van der Waals surface area (Å²) < 4.78 is 32.8. The first-order valence-corrected chi connectivity index (χ1v) is 10.4. The number of hydrogen-bond acceptors (Lipinski definition) is 4. The summed E-state index contributed by atoms with van der Waals surface area (Å²) in [5.41, 5.74) is 1.20. The molecule has 3 atom stereocenters. The number of alkyl halides is 2. The molecule has 0 bridgehead atoms. The van der Waals surface area contributed by atoms with Crippen molar-refractivity contribution in [2.24, 2.45) is 5.92 Å². The Balaban J connectivity index is 2.04. The van der Waals surface area contributed by atoms with Crippen molar-refractivity contribution in [2.45, 2.75) is 57.6 Å². The molecule has 1 N–H and O–H groups in total. The van der Waals surface area contributed by atoms with Gasteiger partial charge in [-0.15, -0.1) is 11.8 Å². The lowest BCUT2D eigenvalue weighted by atomic mass is 9.99. The zero-order valence-corrected chi connectivity index (χ0v) is 18.1. The van der Waals surface area contributed by atoms with Gasteiger partial charge in [-0.2, -0.15) is 8.78 Å². The predicted molar refractivity (Wildman–Crippen MR) is 114 cm³/mol. The van der Waals surface area contributed by atoms with Crippen LogP contribution in [0.2, 0.25) is 0 Å². The van der Waals surface area contributed by atoms with Gasteiger partial charge in [0, 0.05) is 25.8 Å². The standard InChI is InChI=1S/C24H29F2NO4/c1-4-5-6-7-17(2)21(28)13-12-20-16-24(25,26)23(30)27(20)15-14-18-8-10-19(11-9-18)22(29)31-3/h8-13,17,20-21,28H,4,7,14-16H2,1-3H3/b13-12+/t17-,20+,21-/m1/s1. The van der Waals surface area contributed by atoms with Crippen LogP contribution in [0.25, 0.3) is 0 Å². The lowest BCUT2D eigenvalue weighted by Gasteiger charge is -2.22. The lowest BCUT2D eigenvalue weighted by molar-refractivity contribution is -0.148. The van der Waals surface area contributed by atoms with Crippen LogP contribution in [0.1, 0.15) is 49.0 Å². The Bertz CT molecular complexity index is 855. The van der Waals surface area contributed by atoms with Crippen LogP contribution in [-0.2, 0) is 16.0 Å². The molecule has 1 saturated heterocycles. The van der Waals surface area contributed by atoms with Gasteiger partial charge in [0.1, 0.15) is 0 Å². The number of carbonyl (C=O) groups excluding carboxylic acids is 2. The number of aliphatic hydroxyl groups is 1. The van der Waals surface area contributed by atoms with E-state index in [1.165, 1.54) is 19.3 Å². The molecule has 1 fully saturated rings. The summed E-state index contributed by atoms with van der Waals surface area (Å²) in [4.78, 5) is 24.8. The molecule has 1 aliphatic heterocycles. The van der Waals surface area contributed by atoms with Crippen molar-refractivity contribution in [2.75, 3.05) is 13.7 Å². The Morgan fingerprint density at radius 2 is 2.03 bits per heavy atom. The van der Waals surface area contributed by atoms with Gasteiger partial charge in [-0.25, -0.2) is 4.79 Å². The molecular formula is C24H29F2NO4. The van der Waals surface area contributed by atoms with Crippen LogP contribution in [0, 0.1) is 17.8 Å². The normalized spacial score (nSPS) is 19.7. The Kier molecular flexibility index (Phi) is 8.76. The molecule has 7 heteroatoms. The van der Waals surface area contributed by atoms with Crippen molar-refractivity contribution in [3.8, 4) is 11.8 Å². The van der Waals surface area contributed by atoms with E-state index in [2.05, 4.69) is 16.6 Å². The van der Waals surface area contributed by atoms with Crippen molar-refractivity contribution in [1.82, 2.24) is 4.90 Å². The molecule has 0 radical (unpaired) electrons. The van der Waals surface area contributed by atoms with Crippen LogP contribution < -0.4 is 0 Å². The lowest BCUT2D eigenvalue weighted by Crippen LogP contribution is -2.37. The predicted octanol–water partition coefficient (Wildman–Crippen LogP) is 3.61. The maximum absolute atomic E-state index is 14.1. The number of esters is 1. The third-order valence-electron chi connectivity index (χ3n) is 5.30. The fourth-order valence-electron chi connectivity index (χ4n) is 3.35. The van der Waals surface area contributed by atoms with Crippen LogP contribution in [-0.4, -0.2) is 53.6 Å². The minimum Gasteiger partial charge on any atom is -0.465 e. The molecule has 0 aliphatic carbocycles. The maximum atomic E-state index is 14.1. The minimum absolute atomic E-state index is 0.106. The highest BCUT2D eigenvalue weighted by Gasteiger charge is 2.52. The number of amides is 1. The zero-order chi connectivity index (χ0) is 23.0. The maximum Gasteiger partial charge on any atom is 0.337 e. The highest BCUT2D eigenvalue weighted by Crippen LogP contribution is 2.34. The smallest absolute Gasteiger partial charge is 0.337 e. The van der Waals surface area contributed by atoms with E-state index in [4.69, 9.17) is 0 Å². The second-order valence-electron chi connectivity index (χ2n) is 7.68. The molecule has 168 valence electrons. The van der Waals surface area contributed by atoms with Gasteiger partial charge in [0.2, 0.25) is 0 Å². The van der Waals surface area contributed by atoms with Crippen molar-refractivity contribution in [3.05, 3.63) is 47.5 Å². The highest BCUT2D eigenvalue weighted by atomic mass is 19.3. The summed E-state index contributed by atoms with van der Waals surface area (Å²) in [7, 11) is 1.29. The number of carbonyl (C=O) groups is 2. The summed E-state index contributed by atoms with van der Waals surface area (Å²) in [5.74, 6) is 0.675. The van der Waals surface area contributed by atoms with Crippen molar-refractivity contribution in [1.29, 1.82) is 0 Å².